The van der Waals surface area contributed by atoms with Gasteiger partial charge in [-0.3, -0.25) is 14.4 Å². The van der Waals surface area contributed by atoms with Gasteiger partial charge >= 0.3 is 0 Å². The van der Waals surface area contributed by atoms with Crippen molar-refractivity contribution in [1.82, 2.24) is 16.0 Å². The summed E-state index contributed by atoms with van der Waals surface area (Å²) in [6.07, 6.45) is 6.16. The maximum Gasteiger partial charge on any atom is 0.244 e. The van der Waals surface area contributed by atoms with Crippen molar-refractivity contribution in [2.75, 3.05) is 13.1 Å². The molecule has 226 valence electrons. The van der Waals surface area contributed by atoms with Gasteiger partial charge in [-0.15, -0.1) is 0 Å². The molecule has 3 aromatic rings. The number of hydrogen-bond acceptors (Lipinski definition) is 9. The van der Waals surface area contributed by atoms with Crippen LogP contribution in [0.4, 0.5) is 0 Å². The smallest absolute Gasteiger partial charge is 0.244 e. The van der Waals surface area contributed by atoms with Gasteiger partial charge in [-0.2, -0.15) is 0 Å². The molecule has 12 heteroatoms. The Morgan fingerprint density at radius 1 is 0.628 bits per heavy atom. The quantitative estimate of drug-likeness (QED) is 0.0811. The van der Waals surface area contributed by atoms with Gasteiger partial charge in [0.15, 0.2) is 34.5 Å². The van der Waals surface area contributed by atoms with Gasteiger partial charge in [-0.25, -0.2) is 0 Å². The molecule has 0 spiro atoms. The maximum absolute atomic E-state index is 12.9. The zero-order valence-corrected chi connectivity index (χ0v) is 23.0. The Labute approximate surface area is 247 Å². The average molecular weight is 592 g/mol. The van der Waals surface area contributed by atoms with Crippen LogP contribution in [-0.2, 0) is 20.8 Å². The molecule has 9 N–H and O–H groups in total. The normalized spacial score (nSPS) is 11.8. The van der Waals surface area contributed by atoms with Crippen LogP contribution in [0, 0.1) is 0 Å². The molecule has 0 bridgehead atoms. The van der Waals surface area contributed by atoms with Crippen LogP contribution in [0.15, 0.2) is 66.7 Å². The Balaban J connectivity index is 1.56. The highest BCUT2D eigenvalue weighted by Gasteiger charge is 2.19. The molecular formula is C31H33N3O9. The summed E-state index contributed by atoms with van der Waals surface area (Å²) in [7, 11) is 0. The maximum atomic E-state index is 12.9. The third kappa shape index (κ3) is 10.4. The first-order valence-corrected chi connectivity index (χ1v) is 13.3. The van der Waals surface area contributed by atoms with Gasteiger partial charge in [0.05, 0.1) is 0 Å². The van der Waals surface area contributed by atoms with E-state index >= 15 is 0 Å². The lowest BCUT2D eigenvalue weighted by atomic mass is 10.1. The minimum absolute atomic E-state index is 0.182. The number of hydrogen-bond donors (Lipinski definition) is 9. The predicted octanol–water partition coefficient (Wildman–Crippen LogP) is 2.39. The van der Waals surface area contributed by atoms with Gasteiger partial charge < -0.3 is 46.6 Å². The monoisotopic (exact) mass is 591 g/mol. The number of aromatic hydroxyl groups is 6. The fourth-order valence-corrected chi connectivity index (χ4v) is 3.88. The standard InChI is InChI=1S/C31H33N3O9/c35-23-8-3-19(16-26(23)38)6-11-29(41)32-14-1-2-22(31(43)33-15-13-21-5-10-25(37)28(40)18-21)34-30(42)12-7-20-4-9-24(36)27(39)17-20/h3-12,16-18,22,35-40H,1-2,13-15H2,(H,32,41)(H,33,43)(H,34,42)/t22-/m0/s1. The van der Waals surface area contributed by atoms with Gasteiger partial charge in [-0.05, 0) is 84.5 Å². The van der Waals surface area contributed by atoms with E-state index in [2.05, 4.69) is 16.0 Å². The SMILES string of the molecule is O=C(C=Cc1ccc(O)c(O)c1)NCCC[C@H](NC(=O)C=Cc1ccc(O)c(O)c1)C(=O)NCCc1ccc(O)c(O)c1. The number of rotatable bonds is 13. The molecule has 0 saturated carbocycles. The zero-order chi connectivity index (χ0) is 31.4. The molecule has 0 fully saturated rings. The largest absolute Gasteiger partial charge is 0.504 e. The zero-order valence-electron chi connectivity index (χ0n) is 23.0. The van der Waals surface area contributed by atoms with Gasteiger partial charge in [-0.1, -0.05) is 18.2 Å². The lowest BCUT2D eigenvalue weighted by Crippen LogP contribution is -2.47. The van der Waals surface area contributed by atoms with Crippen molar-refractivity contribution in [3.8, 4) is 34.5 Å². The van der Waals surface area contributed by atoms with E-state index in [-0.39, 0.29) is 54.0 Å². The van der Waals surface area contributed by atoms with Crippen molar-refractivity contribution in [1.29, 1.82) is 0 Å². The minimum Gasteiger partial charge on any atom is -0.504 e. The van der Waals surface area contributed by atoms with Crippen LogP contribution in [0.25, 0.3) is 12.2 Å². The lowest BCUT2D eigenvalue weighted by Gasteiger charge is -2.18. The molecule has 1 atom stereocenters. The lowest BCUT2D eigenvalue weighted by molar-refractivity contribution is -0.127. The van der Waals surface area contributed by atoms with Crippen LogP contribution >= 0.6 is 0 Å². The summed E-state index contributed by atoms with van der Waals surface area (Å²) in [6.45, 7) is 0.380. The molecule has 0 aliphatic heterocycles. The van der Waals surface area contributed by atoms with Crippen LogP contribution in [0.5, 0.6) is 34.5 Å². The van der Waals surface area contributed by atoms with Gasteiger partial charge in [0, 0.05) is 25.2 Å². The second kappa shape index (κ2) is 15.4. The summed E-state index contributed by atoms with van der Waals surface area (Å²) in [6, 6.07) is 11.5. The van der Waals surface area contributed by atoms with Gasteiger partial charge in [0.1, 0.15) is 6.04 Å². The van der Waals surface area contributed by atoms with Crippen molar-refractivity contribution in [2.45, 2.75) is 25.3 Å². The number of nitrogens with one attached hydrogen (secondary N) is 3. The molecule has 0 unspecified atom stereocenters. The van der Waals surface area contributed by atoms with E-state index in [0.29, 0.717) is 29.5 Å². The molecule has 0 aromatic heterocycles. The number of amides is 3. The Morgan fingerprint density at radius 3 is 1.72 bits per heavy atom. The topological polar surface area (TPSA) is 209 Å². The number of carbonyl (C=O) groups is 3. The third-order valence-electron chi connectivity index (χ3n) is 6.21. The number of phenols is 6. The number of phenolic OH excluding ortho intramolecular Hbond substituents is 6. The van der Waals surface area contributed by atoms with Crippen LogP contribution in [-0.4, -0.2) is 67.5 Å². The Hall–Kier alpha value is -5.65. The van der Waals surface area contributed by atoms with Crippen LogP contribution in [0.1, 0.15) is 29.5 Å². The van der Waals surface area contributed by atoms with E-state index in [1.165, 1.54) is 72.8 Å². The first-order chi connectivity index (χ1) is 20.5. The molecule has 0 heterocycles. The van der Waals surface area contributed by atoms with Crippen molar-refractivity contribution < 1.29 is 45.0 Å². The van der Waals surface area contributed by atoms with Crippen LogP contribution in [0.2, 0.25) is 0 Å². The summed E-state index contributed by atoms with van der Waals surface area (Å²) >= 11 is 0. The average Bonchev–Trinajstić information content (AvgIpc) is 2.97. The first kappa shape index (κ1) is 31.9. The molecule has 0 aliphatic rings. The number of benzene rings is 3. The molecule has 3 aromatic carbocycles. The highest BCUT2D eigenvalue weighted by atomic mass is 16.3. The fourth-order valence-electron chi connectivity index (χ4n) is 3.88. The van der Waals surface area contributed by atoms with Crippen molar-refractivity contribution >= 4 is 29.9 Å². The predicted molar refractivity (Wildman–Crippen MR) is 158 cm³/mol. The fraction of sp³-hybridized carbons (Fsp3) is 0.194. The van der Waals surface area contributed by atoms with Crippen LogP contribution in [0.3, 0.4) is 0 Å². The van der Waals surface area contributed by atoms with E-state index in [1.807, 2.05) is 0 Å². The van der Waals surface area contributed by atoms with Crippen LogP contribution < -0.4 is 16.0 Å². The Kier molecular flexibility index (Phi) is 11.4. The summed E-state index contributed by atoms with van der Waals surface area (Å²) in [5.74, 6) is -3.24. The highest BCUT2D eigenvalue weighted by Crippen LogP contribution is 2.26. The van der Waals surface area contributed by atoms with E-state index in [1.54, 1.807) is 6.07 Å². The Morgan fingerprint density at radius 2 is 1.16 bits per heavy atom. The van der Waals surface area contributed by atoms with Gasteiger partial charge in [0.2, 0.25) is 17.7 Å². The molecular weight excluding hydrogens is 558 g/mol. The molecule has 0 aliphatic carbocycles. The number of carbonyl (C=O) groups excluding carboxylic acids is 3. The second-order valence-corrected chi connectivity index (χ2v) is 9.52. The summed E-state index contributed by atoms with van der Waals surface area (Å²) < 4.78 is 0. The molecule has 12 nitrogen and oxygen atoms in total. The molecule has 3 rings (SSSR count). The van der Waals surface area contributed by atoms with E-state index in [4.69, 9.17) is 0 Å². The van der Waals surface area contributed by atoms with Gasteiger partial charge in [0.25, 0.3) is 0 Å². The van der Waals surface area contributed by atoms with E-state index < -0.39 is 23.8 Å². The summed E-state index contributed by atoms with van der Waals surface area (Å²) in [4.78, 5) is 37.7. The van der Waals surface area contributed by atoms with E-state index in [0.717, 1.165) is 0 Å². The Bertz CT molecular complexity index is 1520. The summed E-state index contributed by atoms with van der Waals surface area (Å²) in [5, 5.41) is 65.2. The van der Waals surface area contributed by atoms with E-state index in [9.17, 15) is 45.0 Å². The molecule has 0 saturated heterocycles. The highest BCUT2D eigenvalue weighted by molar-refractivity contribution is 5.95. The molecule has 0 radical (unpaired) electrons. The first-order valence-electron chi connectivity index (χ1n) is 13.3. The third-order valence-corrected chi connectivity index (χ3v) is 6.21. The second-order valence-electron chi connectivity index (χ2n) is 9.52. The minimum atomic E-state index is -0.953. The van der Waals surface area contributed by atoms with Crippen molar-refractivity contribution in [3.05, 3.63) is 83.4 Å². The van der Waals surface area contributed by atoms with Crippen molar-refractivity contribution in [3.63, 3.8) is 0 Å². The molecule has 3 amide bonds. The molecule has 43 heavy (non-hydrogen) atoms. The summed E-state index contributed by atoms with van der Waals surface area (Å²) in [5.41, 5.74) is 1.62. The van der Waals surface area contributed by atoms with Crippen molar-refractivity contribution in [2.24, 2.45) is 0 Å².